The molecule has 0 unspecified atom stereocenters. The normalized spacial score (nSPS) is 11.4. The van der Waals surface area contributed by atoms with Crippen LogP contribution in [0.25, 0.3) is 0 Å². The first-order valence-corrected chi connectivity index (χ1v) is 7.75. The molecule has 0 heterocycles. The van der Waals surface area contributed by atoms with E-state index >= 15 is 0 Å². The monoisotopic (exact) mass is 436 g/mol. The minimum atomic E-state index is -2.32. The molecule has 0 aliphatic carbocycles. The summed E-state index contributed by atoms with van der Waals surface area (Å²) in [5, 5.41) is 0. The standard InChI is InChI=1S/C17H10F10O2/c18-8-6(9(19)13(23)16(26)12(8)22)1-2-28-3-4-29-5-7-10(20)14(24)17(27)15(25)11(7)21/h1-5H2. The second kappa shape index (κ2) is 9.44. The predicted octanol–water partition coefficient (Wildman–Crippen LogP) is 4.85. The molecule has 0 aliphatic rings. The molecule has 29 heavy (non-hydrogen) atoms. The number of benzene rings is 2. The summed E-state index contributed by atoms with van der Waals surface area (Å²) in [4.78, 5) is 0. The van der Waals surface area contributed by atoms with Gasteiger partial charge in [-0.1, -0.05) is 0 Å². The lowest BCUT2D eigenvalue weighted by Gasteiger charge is -2.10. The van der Waals surface area contributed by atoms with Gasteiger partial charge in [-0.2, -0.15) is 0 Å². The van der Waals surface area contributed by atoms with Crippen LogP contribution in [0.1, 0.15) is 11.1 Å². The van der Waals surface area contributed by atoms with Crippen molar-refractivity contribution in [1.82, 2.24) is 0 Å². The molecule has 0 aromatic heterocycles. The van der Waals surface area contributed by atoms with Crippen LogP contribution < -0.4 is 0 Å². The summed E-state index contributed by atoms with van der Waals surface area (Å²) in [5.41, 5.74) is -2.30. The number of halogens is 10. The molecule has 12 heteroatoms. The van der Waals surface area contributed by atoms with E-state index in [2.05, 4.69) is 0 Å². The first-order chi connectivity index (χ1) is 13.6. The molecule has 2 nitrogen and oxygen atoms in total. The summed E-state index contributed by atoms with van der Waals surface area (Å²) in [6.45, 7) is -2.31. The number of ether oxygens (including phenoxy) is 2. The van der Waals surface area contributed by atoms with Gasteiger partial charge in [-0.05, 0) is 0 Å². The third-order valence-electron chi connectivity index (χ3n) is 3.72. The van der Waals surface area contributed by atoms with Crippen LogP contribution in [0.4, 0.5) is 43.9 Å². The minimum Gasteiger partial charge on any atom is -0.379 e. The van der Waals surface area contributed by atoms with Crippen LogP contribution in [0.3, 0.4) is 0 Å². The fourth-order valence-electron chi connectivity index (χ4n) is 2.22. The Balaban J connectivity index is 1.84. The molecule has 0 saturated carbocycles. The van der Waals surface area contributed by atoms with Gasteiger partial charge in [0.1, 0.15) is 0 Å². The highest BCUT2D eigenvalue weighted by molar-refractivity contribution is 5.24. The third-order valence-corrected chi connectivity index (χ3v) is 3.72. The lowest BCUT2D eigenvalue weighted by atomic mass is 10.1. The molecule has 2 rings (SSSR count). The van der Waals surface area contributed by atoms with Gasteiger partial charge in [0.15, 0.2) is 46.5 Å². The van der Waals surface area contributed by atoms with Gasteiger partial charge in [0.05, 0.1) is 32.0 Å². The van der Waals surface area contributed by atoms with Crippen molar-refractivity contribution in [2.75, 3.05) is 19.8 Å². The van der Waals surface area contributed by atoms with Crippen molar-refractivity contribution in [3.05, 3.63) is 69.3 Å². The van der Waals surface area contributed by atoms with E-state index in [1.807, 2.05) is 0 Å². The number of rotatable bonds is 8. The van der Waals surface area contributed by atoms with Crippen LogP contribution in [0, 0.1) is 58.2 Å². The smallest absolute Gasteiger partial charge is 0.200 e. The van der Waals surface area contributed by atoms with Crippen molar-refractivity contribution < 1.29 is 53.4 Å². The van der Waals surface area contributed by atoms with Gasteiger partial charge < -0.3 is 9.47 Å². The summed E-state index contributed by atoms with van der Waals surface area (Å²) in [5.74, 6) is -21.2. The predicted molar refractivity (Wildman–Crippen MR) is 76.6 cm³/mol. The van der Waals surface area contributed by atoms with Crippen LogP contribution >= 0.6 is 0 Å². The van der Waals surface area contributed by atoms with Crippen molar-refractivity contribution in [1.29, 1.82) is 0 Å². The molecule has 0 radical (unpaired) electrons. The van der Waals surface area contributed by atoms with Gasteiger partial charge in [0.2, 0.25) is 11.6 Å². The van der Waals surface area contributed by atoms with Crippen LogP contribution in [0.15, 0.2) is 0 Å². The summed E-state index contributed by atoms with van der Waals surface area (Å²) in [6.07, 6.45) is -0.691. The average Bonchev–Trinajstić information content (AvgIpc) is 2.71. The number of hydrogen-bond donors (Lipinski definition) is 0. The quantitative estimate of drug-likeness (QED) is 0.255. The SMILES string of the molecule is Fc1c(F)c(F)c(CCOCCOCc2c(F)c(F)c(F)c(F)c2F)c(F)c1F. The van der Waals surface area contributed by atoms with Crippen LogP contribution in [-0.4, -0.2) is 19.8 Å². The lowest BCUT2D eigenvalue weighted by Crippen LogP contribution is -2.13. The second-order valence-corrected chi connectivity index (χ2v) is 5.51. The molecule has 0 spiro atoms. The van der Waals surface area contributed by atoms with Crippen molar-refractivity contribution >= 4 is 0 Å². The Morgan fingerprint density at radius 3 is 1.17 bits per heavy atom. The molecule has 0 aliphatic heterocycles. The first-order valence-electron chi connectivity index (χ1n) is 7.75. The van der Waals surface area contributed by atoms with E-state index in [4.69, 9.17) is 9.47 Å². The van der Waals surface area contributed by atoms with E-state index in [0.717, 1.165) is 0 Å². The molecule has 0 N–H and O–H groups in total. The van der Waals surface area contributed by atoms with Crippen LogP contribution in [0.5, 0.6) is 0 Å². The Labute approximate surface area is 156 Å². The molecular weight excluding hydrogens is 426 g/mol. The van der Waals surface area contributed by atoms with E-state index in [1.54, 1.807) is 0 Å². The van der Waals surface area contributed by atoms with E-state index in [1.165, 1.54) is 0 Å². The van der Waals surface area contributed by atoms with Gasteiger partial charge in [0, 0.05) is 12.0 Å². The van der Waals surface area contributed by atoms with Crippen molar-refractivity contribution in [3.63, 3.8) is 0 Å². The molecular formula is C17H10F10O2. The summed E-state index contributed by atoms with van der Waals surface area (Å²) in [7, 11) is 0. The Hall–Kier alpha value is -2.34. The highest BCUT2D eigenvalue weighted by Gasteiger charge is 2.26. The van der Waals surface area contributed by atoms with Crippen LogP contribution in [-0.2, 0) is 22.5 Å². The molecule has 2 aromatic carbocycles. The van der Waals surface area contributed by atoms with Gasteiger partial charge in [-0.25, -0.2) is 43.9 Å². The van der Waals surface area contributed by atoms with Gasteiger partial charge in [-0.3, -0.25) is 0 Å². The molecule has 0 amide bonds. The maximum absolute atomic E-state index is 13.4. The Kier molecular flexibility index (Phi) is 7.47. The zero-order valence-electron chi connectivity index (χ0n) is 14.1. The van der Waals surface area contributed by atoms with E-state index in [-0.39, 0.29) is 6.61 Å². The highest BCUT2D eigenvalue weighted by Crippen LogP contribution is 2.24. The second-order valence-electron chi connectivity index (χ2n) is 5.51. The molecule has 0 fully saturated rings. The zero-order valence-corrected chi connectivity index (χ0v) is 14.1. The van der Waals surface area contributed by atoms with E-state index < -0.39 is 95.5 Å². The zero-order chi connectivity index (χ0) is 21.9. The van der Waals surface area contributed by atoms with E-state index in [9.17, 15) is 43.9 Å². The van der Waals surface area contributed by atoms with E-state index in [0.29, 0.717) is 0 Å². The van der Waals surface area contributed by atoms with Crippen molar-refractivity contribution in [3.8, 4) is 0 Å². The molecule has 2 aromatic rings. The average molecular weight is 436 g/mol. The Morgan fingerprint density at radius 2 is 0.724 bits per heavy atom. The topological polar surface area (TPSA) is 18.5 Å². The largest absolute Gasteiger partial charge is 0.379 e. The minimum absolute atomic E-state index is 0.370. The van der Waals surface area contributed by atoms with Gasteiger partial charge in [-0.15, -0.1) is 0 Å². The molecule has 160 valence electrons. The lowest BCUT2D eigenvalue weighted by molar-refractivity contribution is 0.0387. The fourth-order valence-corrected chi connectivity index (χ4v) is 2.22. The maximum Gasteiger partial charge on any atom is 0.200 e. The summed E-state index contributed by atoms with van der Waals surface area (Å²) in [6, 6.07) is 0. The third kappa shape index (κ3) is 4.64. The number of hydrogen-bond acceptors (Lipinski definition) is 2. The molecule has 0 atom stereocenters. The molecule has 0 bridgehead atoms. The van der Waals surface area contributed by atoms with Gasteiger partial charge >= 0.3 is 0 Å². The Morgan fingerprint density at radius 1 is 0.379 bits per heavy atom. The summed E-state index contributed by atoms with van der Waals surface area (Å²) >= 11 is 0. The first kappa shape index (κ1) is 22.9. The van der Waals surface area contributed by atoms with Crippen molar-refractivity contribution in [2.45, 2.75) is 13.0 Å². The summed E-state index contributed by atoms with van der Waals surface area (Å²) < 4.78 is 141. The van der Waals surface area contributed by atoms with Gasteiger partial charge in [0.25, 0.3) is 0 Å². The molecule has 0 saturated heterocycles. The van der Waals surface area contributed by atoms with Crippen LogP contribution in [0.2, 0.25) is 0 Å². The van der Waals surface area contributed by atoms with Crippen molar-refractivity contribution in [2.24, 2.45) is 0 Å². The highest BCUT2D eigenvalue weighted by atomic mass is 19.2. The fraction of sp³-hybridized carbons (Fsp3) is 0.294. The Bertz CT molecular complexity index is 785. The maximum atomic E-state index is 13.4.